The highest BCUT2D eigenvalue weighted by Crippen LogP contribution is 2.23. The number of benzene rings is 2. The minimum absolute atomic E-state index is 0.158. The summed E-state index contributed by atoms with van der Waals surface area (Å²) in [6, 6.07) is 9.10. The SMILES string of the molecule is Cc1cc(C)c(NC(=O)COc2ccc(Br)cc2C=O)c(C)c1. The molecule has 1 N–H and O–H groups in total. The minimum atomic E-state index is -0.264. The average Bonchev–Trinajstić information content (AvgIpc) is 2.49. The lowest BCUT2D eigenvalue weighted by Crippen LogP contribution is -2.21. The molecule has 0 aliphatic rings. The zero-order chi connectivity index (χ0) is 17.0. The fourth-order valence-corrected chi connectivity index (χ4v) is 2.82. The average molecular weight is 376 g/mol. The lowest BCUT2D eigenvalue weighted by molar-refractivity contribution is -0.118. The number of aryl methyl sites for hydroxylation is 3. The van der Waals surface area contributed by atoms with Gasteiger partial charge in [0.05, 0.1) is 5.56 Å². The number of hydrogen-bond donors (Lipinski definition) is 1. The summed E-state index contributed by atoms with van der Waals surface area (Å²) in [4.78, 5) is 23.1. The molecular weight excluding hydrogens is 358 g/mol. The third-order valence-corrected chi connectivity index (χ3v) is 3.89. The third kappa shape index (κ3) is 4.42. The van der Waals surface area contributed by atoms with Gasteiger partial charge in [-0.2, -0.15) is 0 Å². The molecule has 0 heterocycles. The summed E-state index contributed by atoms with van der Waals surface area (Å²) in [6.07, 6.45) is 0.701. The molecule has 0 unspecified atom stereocenters. The Kier molecular flexibility index (Phi) is 5.55. The molecule has 0 aromatic heterocycles. The summed E-state index contributed by atoms with van der Waals surface area (Å²) in [5, 5.41) is 2.86. The van der Waals surface area contributed by atoms with Crippen molar-refractivity contribution in [1.29, 1.82) is 0 Å². The van der Waals surface area contributed by atoms with E-state index >= 15 is 0 Å². The summed E-state index contributed by atoms with van der Waals surface area (Å²) in [7, 11) is 0. The number of carbonyl (C=O) groups is 2. The summed E-state index contributed by atoms with van der Waals surface area (Å²) in [5.74, 6) is 0.121. The first-order valence-electron chi connectivity index (χ1n) is 7.16. The van der Waals surface area contributed by atoms with Crippen molar-refractivity contribution in [2.45, 2.75) is 20.8 Å². The van der Waals surface area contributed by atoms with Crippen LogP contribution in [-0.4, -0.2) is 18.8 Å². The topological polar surface area (TPSA) is 55.4 Å². The zero-order valence-electron chi connectivity index (χ0n) is 13.3. The molecule has 1 amide bonds. The predicted octanol–water partition coefficient (Wildman–Crippen LogP) is 4.20. The van der Waals surface area contributed by atoms with E-state index in [2.05, 4.69) is 21.2 Å². The molecule has 0 aliphatic heterocycles. The number of nitrogens with one attached hydrogen (secondary N) is 1. The molecule has 2 rings (SSSR count). The van der Waals surface area contributed by atoms with Crippen LogP contribution in [0.3, 0.4) is 0 Å². The predicted molar refractivity (Wildman–Crippen MR) is 94.3 cm³/mol. The summed E-state index contributed by atoms with van der Waals surface area (Å²) in [5.41, 5.74) is 4.37. The Bertz CT molecular complexity index is 733. The van der Waals surface area contributed by atoms with Crippen molar-refractivity contribution in [1.82, 2.24) is 0 Å². The second kappa shape index (κ2) is 7.42. The van der Waals surface area contributed by atoms with E-state index in [9.17, 15) is 9.59 Å². The Morgan fingerprint density at radius 3 is 2.43 bits per heavy atom. The molecule has 120 valence electrons. The molecule has 2 aromatic rings. The Morgan fingerprint density at radius 2 is 1.83 bits per heavy atom. The standard InChI is InChI=1S/C18H18BrNO3/c1-11-6-12(2)18(13(3)7-11)20-17(22)10-23-16-5-4-15(19)8-14(16)9-21/h4-9H,10H2,1-3H3,(H,20,22). The van der Waals surface area contributed by atoms with Gasteiger partial charge in [0.15, 0.2) is 12.9 Å². The van der Waals surface area contributed by atoms with E-state index in [0.29, 0.717) is 17.6 Å². The summed E-state index contributed by atoms with van der Waals surface area (Å²) in [6.45, 7) is 5.77. The molecule has 0 bridgehead atoms. The fourth-order valence-electron chi connectivity index (χ4n) is 2.44. The number of carbonyl (C=O) groups excluding carboxylic acids is 2. The van der Waals surface area contributed by atoms with Crippen LogP contribution in [0.25, 0.3) is 0 Å². The maximum Gasteiger partial charge on any atom is 0.262 e. The van der Waals surface area contributed by atoms with Crippen LogP contribution in [0, 0.1) is 20.8 Å². The highest BCUT2D eigenvalue weighted by molar-refractivity contribution is 9.10. The second-order valence-electron chi connectivity index (χ2n) is 5.41. The molecule has 5 heteroatoms. The maximum atomic E-state index is 12.1. The molecule has 0 saturated heterocycles. The van der Waals surface area contributed by atoms with Gasteiger partial charge in [-0.3, -0.25) is 9.59 Å². The van der Waals surface area contributed by atoms with E-state index in [1.807, 2.05) is 32.9 Å². The molecule has 0 fully saturated rings. The Labute approximate surface area is 144 Å². The molecule has 0 saturated carbocycles. The van der Waals surface area contributed by atoms with Crippen LogP contribution in [0.2, 0.25) is 0 Å². The van der Waals surface area contributed by atoms with Gasteiger partial charge in [0, 0.05) is 10.2 Å². The van der Waals surface area contributed by atoms with E-state index in [1.54, 1.807) is 18.2 Å². The lowest BCUT2D eigenvalue weighted by Gasteiger charge is -2.14. The van der Waals surface area contributed by atoms with Gasteiger partial charge >= 0.3 is 0 Å². The van der Waals surface area contributed by atoms with Crippen molar-refractivity contribution < 1.29 is 14.3 Å². The maximum absolute atomic E-state index is 12.1. The molecule has 0 spiro atoms. The van der Waals surface area contributed by atoms with Crippen LogP contribution in [0.5, 0.6) is 5.75 Å². The van der Waals surface area contributed by atoms with Crippen molar-refractivity contribution in [3.63, 3.8) is 0 Å². The van der Waals surface area contributed by atoms with Gasteiger partial charge in [0.2, 0.25) is 0 Å². The van der Waals surface area contributed by atoms with E-state index in [-0.39, 0.29) is 12.5 Å². The van der Waals surface area contributed by atoms with Gasteiger partial charge < -0.3 is 10.1 Å². The van der Waals surface area contributed by atoms with Crippen LogP contribution in [0.4, 0.5) is 5.69 Å². The van der Waals surface area contributed by atoms with Crippen LogP contribution in [0.1, 0.15) is 27.0 Å². The molecule has 0 atom stereocenters. The molecule has 2 aromatic carbocycles. The Hall–Kier alpha value is -2.14. The number of aldehydes is 1. The molecule has 0 aliphatic carbocycles. The Morgan fingerprint density at radius 1 is 1.17 bits per heavy atom. The highest BCUT2D eigenvalue weighted by Gasteiger charge is 2.10. The van der Waals surface area contributed by atoms with Gasteiger partial charge in [-0.05, 0) is 50.1 Å². The first-order valence-corrected chi connectivity index (χ1v) is 7.95. The third-order valence-electron chi connectivity index (χ3n) is 3.40. The van der Waals surface area contributed by atoms with Crippen molar-refractivity contribution in [3.8, 4) is 5.75 Å². The highest BCUT2D eigenvalue weighted by atomic mass is 79.9. The number of halogens is 1. The molecule has 23 heavy (non-hydrogen) atoms. The minimum Gasteiger partial charge on any atom is -0.483 e. The van der Waals surface area contributed by atoms with Crippen molar-refractivity contribution in [2.75, 3.05) is 11.9 Å². The number of rotatable bonds is 5. The van der Waals surface area contributed by atoms with Crippen molar-refractivity contribution in [3.05, 3.63) is 57.1 Å². The van der Waals surface area contributed by atoms with Crippen LogP contribution < -0.4 is 10.1 Å². The number of amides is 1. The Balaban J connectivity index is 2.05. The normalized spacial score (nSPS) is 10.3. The van der Waals surface area contributed by atoms with Crippen LogP contribution >= 0.6 is 15.9 Å². The van der Waals surface area contributed by atoms with Gasteiger partial charge in [-0.15, -0.1) is 0 Å². The van der Waals surface area contributed by atoms with E-state index in [4.69, 9.17) is 4.74 Å². The second-order valence-corrected chi connectivity index (χ2v) is 6.33. The first-order chi connectivity index (χ1) is 10.9. The van der Waals surface area contributed by atoms with Gasteiger partial charge in [-0.1, -0.05) is 33.6 Å². The number of anilines is 1. The van der Waals surface area contributed by atoms with E-state index in [0.717, 1.165) is 26.9 Å². The molecule has 0 radical (unpaired) electrons. The van der Waals surface area contributed by atoms with Gasteiger partial charge in [-0.25, -0.2) is 0 Å². The van der Waals surface area contributed by atoms with Crippen LogP contribution in [0.15, 0.2) is 34.8 Å². The quantitative estimate of drug-likeness (QED) is 0.796. The number of hydrogen-bond acceptors (Lipinski definition) is 3. The van der Waals surface area contributed by atoms with E-state index in [1.165, 1.54) is 0 Å². The van der Waals surface area contributed by atoms with Crippen molar-refractivity contribution >= 4 is 33.8 Å². The summed E-state index contributed by atoms with van der Waals surface area (Å²) >= 11 is 3.29. The smallest absolute Gasteiger partial charge is 0.262 e. The molecule has 4 nitrogen and oxygen atoms in total. The summed E-state index contributed by atoms with van der Waals surface area (Å²) < 4.78 is 6.24. The molecular formula is C18H18BrNO3. The fraction of sp³-hybridized carbons (Fsp3) is 0.222. The first kappa shape index (κ1) is 17.2. The lowest BCUT2D eigenvalue weighted by atomic mass is 10.1. The largest absolute Gasteiger partial charge is 0.483 e. The monoisotopic (exact) mass is 375 g/mol. The number of ether oxygens (including phenoxy) is 1. The van der Waals surface area contributed by atoms with Crippen molar-refractivity contribution in [2.24, 2.45) is 0 Å². The van der Waals surface area contributed by atoms with E-state index < -0.39 is 0 Å². The van der Waals surface area contributed by atoms with Gasteiger partial charge in [0.1, 0.15) is 5.75 Å². The van der Waals surface area contributed by atoms with Gasteiger partial charge in [0.25, 0.3) is 5.91 Å². The zero-order valence-corrected chi connectivity index (χ0v) is 14.9. The van der Waals surface area contributed by atoms with Crippen LogP contribution in [-0.2, 0) is 4.79 Å².